The lowest BCUT2D eigenvalue weighted by atomic mass is 10.1. The molecule has 1 aliphatic heterocycles. The summed E-state index contributed by atoms with van der Waals surface area (Å²) in [4.78, 5) is 11.8. The van der Waals surface area contributed by atoms with Crippen molar-refractivity contribution in [2.24, 2.45) is 0 Å². The predicted molar refractivity (Wildman–Crippen MR) is 115 cm³/mol. The largest absolute Gasteiger partial charge is 0.463 e. The molecule has 1 saturated heterocycles. The van der Waals surface area contributed by atoms with Gasteiger partial charge in [0.1, 0.15) is 12.7 Å². The fraction of sp³-hybridized carbons (Fsp3) is 0.875. The van der Waals surface area contributed by atoms with Crippen LogP contribution in [0.1, 0.15) is 111 Å². The number of rotatable bonds is 17. The standard InChI is InChI=1S/C24H44O4/c1-4-5-6-7-8-9-10-11-12-13-14-15-16-17-18-19-23(25)26-20-22-21-27-24(2,3)28-22/h11-12,22H,4-10,13-21H2,1-3H3/b12-11+. The van der Waals surface area contributed by atoms with E-state index in [2.05, 4.69) is 19.1 Å². The molecular formula is C24H44O4. The Hall–Kier alpha value is -0.870. The van der Waals surface area contributed by atoms with Crippen molar-refractivity contribution in [3.8, 4) is 0 Å². The van der Waals surface area contributed by atoms with Gasteiger partial charge in [0.05, 0.1) is 6.61 Å². The van der Waals surface area contributed by atoms with Crippen molar-refractivity contribution in [2.45, 2.75) is 123 Å². The molecule has 0 saturated carbocycles. The van der Waals surface area contributed by atoms with Crippen molar-refractivity contribution < 1.29 is 19.0 Å². The Morgan fingerprint density at radius 2 is 1.50 bits per heavy atom. The SMILES string of the molecule is CCCCCCCC/C=C/CCCCCCCC(=O)OCC1COC(C)(C)O1. The Morgan fingerprint density at radius 1 is 0.929 bits per heavy atom. The number of carbonyl (C=O) groups is 1. The smallest absolute Gasteiger partial charge is 0.305 e. The van der Waals surface area contributed by atoms with E-state index in [0.717, 1.165) is 12.8 Å². The number of ether oxygens (including phenoxy) is 3. The average Bonchev–Trinajstić information content (AvgIpc) is 3.02. The first-order valence-electron chi connectivity index (χ1n) is 11.7. The summed E-state index contributed by atoms with van der Waals surface area (Å²) in [6.45, 7) is 6.81. The van der Waals surface area contributed by atoms with E-state index in [9.17, 15) is 4.79 Å². The monoisotopic (exact) mass is 396 g/mol. The van der Waals surface area contributed by atoms with E-state index in [-0.39, 0.29) is 12.1 Å². The third-order valence-electron chi connectivity index (χ3n) is 5.14. The molecule has 0 amide bonds. The van der Waals surface area contributed by atoms with Crippen LogP contribution in [-0.2, 0) is 19.0 Å². The number of esters is 1. The molecule has 0 aliphatic carbocycles. The molecule has 1 heterocycles. The highest BCUT2D eigenvalue weighted by Crippen LogP contribution is 2.22. The highest BCUT2D eigenvalue weighted by Gasteiger charge is 2.33. The Morgan fingerprint density at radius 3 is 2.07 bits per heavy atom. The molecule has 0 bridgehead atoms. The van der Waals surface area contributed by atoms with Crippen LogP contribution < -0.4 is 0 Å². The lowest BCUT2D eigenvalue weighted by molar-refractivity contribution is -0.158. The first-order valence-corrected chi connectivity index (χ1v) is 11.7. The Kier molecular flexibility index (Phi) is 14.4. The molecule has 1 rings (SSSR count). The van der Waals surface area contributed by atoms with Gasteiger partial charge in [-0.2, -0.15) is 0 Å². The minimum atomic E-state index is -0.555. The van der Waals surface area contributed by atoms with E-state index in [1.54, 1.807) is 0 Å². The fourth-order valence-corrected chi connectivity index (χ4v) is 3.44. The third-order valence-corrected chi connectivity index (χ3v) is 5.14. The van der Waals surface area contributed by atoms with E-state index >= 15 is 0 Å². The summed E-state index contributed by atoms with van der Waals surface area (Å²) in [6.07, 6.45) is 21.5. The van der Waals surface area contributed by atoms with Crippen molar-refractivity contribution in [1.29, 1.82) is 0 Å². The minimum Gasteiger partial charge on any atom is -0.463 e. The van der Waals surface area contributed by atoms with Gasteiger partial charge in [0.25, 0.3) is 0 Å². The van der Waals surface area contributed by atoms with Crippen molar-refractivity contribution >= 4 is 5.97 Å². The summed E-state index contributed by atoms with van der Waals surface area (Å²) < 4.78 is 16.4. The van der Waals surface area contributed by atoms with Gasteiger partial charge < -0.3 is 14.2 Å². The zero-order valence-electron chi connectivity index (χ0n) is 18.7. The van der Waals surface area contributed by atoms with Gasteiger partial charge in [0.15, 0.2) is 5.79 Å². The number of allylic oxidation sites excluding steroid dienone is 2. The van der Waals surface area contributed by atoms with Crippen LogP contribution in [0.15, 0.2) is 12.2 Å². The summed E-state index contributed by atoms with van der Waals surface area (Å²) in [5, 5.41) is 0. The maximum atomic E-state index is 11.8. The molecule has 1 atom stereocenters. The van der Waals surface area contributed by atoms with E-state index in [1.807, 2.05) is 13.8 Å². The van der Waals surface area contributed by atoms with Crippen LogP contribution in [0, 0.1) is 0 Å². The highest BCUT2D eigenvalue weighted by molar-refractivity contribution is 5.69. The van der Waals surface area contributed by atoms with E-state index in [0.29, 0.717) is 19.6 Å². The van der Waals surface area contributed by atoms with Crippen LogP contribution >= 0.6 is 0 Å². The average molecular weight is 397 g/mol. The molecule has 4 heteroatoms. The topological polar surface area (TPSA) is 44.8 Å². The second-order valence-electron chi connectivity index (χ2n) is 8.47. The number of unbranched alkanes of at least 4 members (excludes halogenated alkanes) is 11. The van der Waals surface area contributed by atoms with Gasteiger partial charge in [-0.3, -0.25) is 4.79 Å². The summed E-state index contributed by atoms with van der Waals surface area (Å²) in [5.74, 6) is -0.675. The molecule has 0 N–H and O–H groups in total. The lowest BCUT2D eigenvalue weighted by Crippen LogP contribution is -2.25. The molecule has 0 radical (unpaired) electrons. The molecule has 1 unspecified atom stereocenters. The molecule has 4 nitrogen and oxygen atoms in total. The Balaban J connectivity index is 1.81. The normalized spacial score (nSPS) is 18.8. The Labute approximate surface area is 173 Å². The van der Waals surface area contributed by atoms with Gasteiger partial charge in [0.2, 0.25) is 0 Å². The van der Waals surface area contributed by atoms with Crippen molar-refractivity contribution in [2.75, 3.05) is 13.2 Å². The van der Waals surface area contributed by atoms with Crippen molar-refractivity contribution in [1.82, 2.24) is 0 Å². The zero-order chi connectivity index (χ0) is 20.5. The second kappa shape index (κ2) is 16.0. The van der Waals surface area contributed by atoms with Gasteiger partial charge in [-0.25, -0.2) is 0 Å². The molecular weight excluding hydrogens is 352 g/mol. The van der Waals surface area contributed by atoms with Gasteiger partial charge in [-0.1, -0.05) is 70.4 Å². The first-order chi connectivity index (χ1) is 13.5. The molecule has 0 spiro atoms. The molecule has 0 aromatic heterocycles. The predicted octanol–water partition coefficient (Wildman–Crippen LogP) is 6.72. The molecule has 1 fully saturated rings. The maximum absolute atomic E-state index is 11.8. The van der Waals surface area contributed by atoms with Gasteiger partial charge in [-0.15, -0.1) is 0 Å². The van der Waals surface area contributed by atoms with E-state index in [4.69, 9.17) is 14.2 Å². The van der Waals surface area contributed by atoms with Gasteiger partial charge >= 0.3 is 5.97 Å². The summed E-state index contributed by atoms with van der Waals surface area (Å²) >= 11 is 0. The number of hydrogen-bond acceptors (Lipinski definition) is 4. The van der Waals surface area contributed by atoms with Gasteiger partial charge in [0, 0.05) is 6.42 Å². The van der Waals surface area contributed by atoms with Crippen LogP contribution in [0.2, 0.25) is 0 Å². The quantitative estimate of drug-likeness (QED) is 0.155. The summed E-state index contributed by atoms with van der Waals surface area (Å²) in [5.41, 5.74) is 0. The van der Waals surface area contributed by atoms with Gasteiger partial charge in [-0.05, 0) is 46.0 Å². The van der Waals surface area contributed by atoms with Crippen molar-refractivity contribution in [3.05, 3.63) is 12.2 Å². The zero-order valence-corrected chi connectivity index (χ0v) is 18.7. The third kappa shape index (κ3) is 14.2. The van der Waals surface area contributed by atoms with Crippen LogP contribution in [-0.4, -0.2) is 31.1 Å². The number of carbonyl (C=O) groups excluding carboxylic acids is 1. The van der Waals surface area contributed by atoms with Crippen LogP contribution in [0.5, 0.6) is 0 Å². The van der Waals surface area contributed by atoms with E-state index in [1.165, 1.54) is 70.6 Å². The molecule has 1 aliphatic rings. The van der Waals surface area contributed by atoms with E-state index < -0.39 is 5.79 Å². The minimum absolute atomic E-state index is 0.120. The Bertz CT molecular complexity index is 417. The lowest BCUT2D eigenvalue weighted by Gasteiger charge is -2.16. The molecule has 0 aromatic carbocycles. The molecule has 164 valence electrons. The first kappa shape index (κ1) is 25.2. The van der Waals surface area contributed by atoms with Crippen LogP contribution in [0.25, 0.3) is 0 Å². The summed E-state index contributed by atoms with van der Waals surface area (Å²) in [7, 11) is 0. The van der Waals surface area contributed by atoms with Crippen LogP contribution in [0.4, 0.5) is 0 Å². The number of hydrogen-bond donors (Lipinski definition) is 0. The fourth-order valence-electron chi connectivity index (χ4n) is 3.44. The highest BCUT2D eigenvalue weighted by atomic mass is 16.7. The molecule has 0 aromatic rings. The van der Waals surface area contributed by atoms with Crippen molar-refractivity contribution in [3.63, 3.8) is 0 Å². The second-order valence-corrected chi connectivity index (χ2v) is 8.47. The van der Waals surface area contributed by atoms with Crippen LogP contribution in [0.3, 0.4) is 0 Å². The summed E-state index contributed by atoms with van der Waals surface area (Å²) in [6, 6.07) is 0. The maximum Gasteiger partial charge on any atom is 0.305 e. The molecule has 28 heavy (non-hydrogen) atoms.